The van der Waals surface area contributed by atoms with Crippen LogP contribution in [0.3, 0.4) is 0 Å². The Bertz CT molecular complexity index is 1580. The number of rotatable bonds is 4. The number of nitrogens with one attached hydrogen (secondary N) is 1. The maximum atomic E-state index is 12.9. The molecule has 1 N–H and O–H groups in total. The van der Waals surface area contributed by atoms with Gasteiger partial charge in [-0.3, -0.25) is 9.69 Å². The molecule has 1 atom stereocenters. The highest BCUT2D eigenvalue weighted by molar-refractivity contribution is 7.25. The van der Waals surface area contributed by atoms with E-state index < -0.39 is 11.5 Å². The van der Waals surface area contributed by atoms with E-state index in [9.17, 15) is 9.59 Å². The molecule has 6 nitrogen and oxygen atoms in total. The number of carbonyl (C=O) groups excluding carboxylic acids is 2. The SMILES string of the molecule is CC#Cc1ccc2sc3ccc([C@]4(C)CC(=O)N(C)C(=NCOC(=O)c5ccccc5)N4)cc3c2c1. The van der Waals surface area contributed by atoms with Gasteiger partial charge < -0.3 is 10.1 Å². The monoisotopic (exact) mass is 495 g/mol. The molecule has 0 saturated carbocycles. The molecule has 0 bridgehead atoms. The molecule has 1 fully saturated rings. The summed E-state index contributed by atoms with van der Waals surface area (Å²) in [5, 5.41) is 5.71. The summed E-state index contributed by atoms with van der Waals surface area (Å²) in [5.41, 5.74) is 1.74. The molecule has 1 amide bonds. The fraction of sp³-hybridized carbons (Fsp3) is 0.207. The van der Waals surface area contributed by atoms with Crippen molar-refractivity contribution in [1.82, 2.24) is 10.2 Å². The largest absolute Gasteiger partial charge is 0.439 e. The second-order valence-electron chi connectivity index (χ2n) is 8.89. The van der Waals surface area contributed by atoms with Crippen molar-refractivity contribution in [2.45, 2.75) is 25.8 Å². The van der Waals surface area contributed by atoms with Crippen LogP contribution < -0.4 is 5.32 Å². The molecule has 0 spiro atoms. The second-order valence-corrected chi connectivity index (χ2v) is 9.98. The number of nitrogens with zero attached hydrogens (tertiary/aromatic N) is 2. The third kappa shape index (κ3) is 4.43. The lowest BCUT2D eigenvalue weighted by molar-refractivity contribution is -0.129. The Morgan fingerprint density at radius 3 is 2.58 bits per heavy atom. The van der Waals surface area contributed by atoms with Gasteiger partial charge in [-0.25, -0.2) is 9.79 Å². The van der Waals surface area contributed by atoms with Crippen molar-refractivity contribution in [1.29, 1.82) is 0 Å². The van der Waals surface area contributed by atoms with Crippen LogP contribution in [0.1, 0.15) is 41.8 Å². The molecular formula is C29H25N3O3S. The van der Waals surface area contributed by atoms with E-state index in [1.165, 1.54) is 14.3 Å². The van der Waals surface area contributed by atoms with E-state index in [0.29, 0.717) is 11.5 Å². The molecular weight excluding hydrogens is 470 g/mol. The minimum absolute atomic E-state index is 0.0693. The molecule has 4 aromatic rings. The Hall–Kier alpha value is -4.15. The van der Waals surface area contributed by atoms with Crippen molar-refractivity contribution in [3.8, 4) is 11.8 Å². The highest BCUT2D eigenvalue weighted by Gasteiger charge is 2.38. The summed E-state index contributed by atoms with van der Waals surface area (Å²) in [6.07, 6.45) is 0.270. The lowest BCUT2D eigenvalue weighted by Crippen LogP contribution is -2.58. The number of hydrogen-bond donors (Lipinski definition) is 1. The van der Waals surface area contributed by atoms with Crippen LogP contribution in [-0.2, 0) is 15.1 Å². The molecule has 1 saturated heterocycles. The number of ether oxygens (including phenoxy) is 1. The van der Waals surface area contributed by atoms with E-state index in [0.717, 1.165) is 21.9 Å². The number of aliphatic imine (C=N–C) groups is 1. The van der Waals surface area contributed by atoms with Crippen LogP contribution >= 0.6 is 11.3 Å². The van der Waals surface area contributed by atoms with Crippen molar-refractivity contribution in [2.75, 3.05) is 13.8 Å². The first-order chi connectivity index (χ1) is 17.4. The molecule has 1 aliphatic heterocycles. The predicted octanol–water partition coefficient (Wildman–Crippen LogP) is 5.26. The molecule has 0 unspecified atom stereocenters. The topological polar surface area (TPSA) is 71.0 Å². The van der Waals surface area contributed by atoms with Crippen LogP contribution in [0.5, 0.6) is 0 Å². The zero-order valence-corrected chi connectivity index (χ0v) is 21.1. The lowest BCUT2D eigenvalue weighted by Gasteiger charge is -2.40. The summed E-state index contributed by atoms with van der Waals surface area (Å²) in [6, 6.07) is 21.3. The first-order valence-corrected chi connectivity index (χ1v) is 12.4. The number of benzene rings is 3. The van der Waals surface area contributed by atoms with Gasteiger partial charge in [0.2, 0.25) is 11.9 Å². The zero-order chi connectivity index (χ0) is 25.3. The summed E-state index contributed by atoms with van der Waals surface area (Å²) in [4.78, 5) is 31.0. The number of guanidine groups is 1. The standard InChI is InChI=1S/C29H25N3O3S/c1-4-8-19-11-13-24-22(15-19)23-16-21(12-14-25(23)36-24)29(2)17-26(33)32(3)28(31-29)30-18-35-27(34)20-9-6-5-7-10-20/h5-7,9-16H,17-18H2,1-3H3,(H,30,31)/t29-/m0/s1. The molecule has 0 aliphatic carbocycles. The molecule has 5 rings (SSSR count). The molecule has 0 radical (unpaired) electrons. The number of thiophene rings is 1. The Morgan fingerprint density at radius 2 is 1.83 bits per heavy atom. The van der Waals surface area contributed by atoms with E-state index in [1.807, 2.05) is 26.0 Å². The van der Waals surface area contributed by atoms with Gasteiger partial charge in [0.05, 0.1) is 17.5 Å². The van der Waals surface area contributed by atoms with Crippen LogP contribution in [0.2, 0.25) is 0 Å². The van der Waals surface area contributed by atoms with Crippen LogP contribution in [0, 0.1) is 11.8 Å². The van der Waals surface area contributed by atoms with Gasteiger partial charge in [-0.1, -0.05) is 30.2 Å². The summed E-state index contributed by atoms with van der Waals surface area (Å²) >= 11 is 1.74. The second kappa shape index (κ2) is 9.48. The summed E-state index contributed by atoms with van der Waals surface area (Å²) < 4.78 is 7.68. The summed E-state index contributed by atoms with van der Waals surface area (Å²) in [5.74, 6) is 5.93. The summed E-state index contributed by atoms with van der Waals surface area (Å²) in [6.45, 7) is 3.63. The van der Waals surface area contributed by atoms with E-state index in [2.05, 4.69) is 52.5 Å². The number of hydrogen-bond acceptors (Lipinski definition) is 5. The van der Waals surface area contributed by atoms with Gasteiger partial charge in [0.15, 0.2) is 6.73 Å². The number of esters is 1. The number of fused-ring (bicyclic) bond motifs is 3. The van der Waals surface area contributed by atoms with Gasteiger partial charge in [-0.2, -0.15) is 0 Å². The van der Waals surface area contributed by atoms with E-state index >= 15 is 0 Å². The highest BCUT2D eigenvalue weighted by atomic mass is 32.1. The lowest BCUT2D eigenvalue weighted by atomic mass is 9.86. The quantitative estimate of drug-likeness (QED) is 0.310. The van der Waals surface area contributed by atoms with Crippen molar-refractivity contribution < 1.29 is 14.3 Å². The molecule has 2 heterocycles. The smallest absolute Gasteiger partial charge is 0.339 e. The van der Waals surface area contributed by atoms with Gasteiger partial charge in [0.25, 0.3) is 0 Å². The molecule has 7 heteroatoms. The molecule has 180 valence electrons. The van der Waals surface area contributed by atoms with Crippen LogP contribution in [0.15, 0.2) is 71.7 Å². The minimum Gasteiger partial charge on any atom is -0.439 e. The van der Waals surface area contributed by atoms with Crippen LogP contribution in [0.25, 0.3) is 20.2 Å². The Balaban J connectivity index is 1.43. The first-order valence-electron chi connectivity index (χ1n) is 11.6. The van der Waals surface area contributed by atoms with Crippen LogP contribution in [0.4, 0.5) is 0 Å². The Morgan fingerprint density at radius 1 is 1.11 bits per heavy atom. The van der Waals surface area contributed by atoms with Crippen LogP contribution in [-0.4, -0.2) is 36.5 Å². The average Bonchev–Trinajstić information content (AvgIpc) is 3.25. The predicted molar refractivity (Wildman–Crippen MR) is 144 cm³/mol. The van der Waals surface area contributed by atoms with Gasteiger partial charge in [0.1, 0.15) is 0 Å². The third-order valence-electron chi connectivity index (χ3n) is 6.38. The van der Waals surface area contributed by atoms with E-state index in [4.69, 9.17) is 4.74 Å². The van der Waals surface area contributed by atoms with Crippen molar-refractivity contribution in [3.05, 3.63) is 83.4 Å². The third-order valence-corrected chi connectivity index (χ3v) is 7.53. The minimum atomic E-state index is -0.671. The van der Waals surface area contributed by atoms with Crippen molar-refractivity contribution in [3.63, 3.8) is 0 Å². The highest BCUT2D eigenvalue weighted by Crippen LogP contribution is 2.38. The Kier molecular flexibility index (Phi) is 6.21. The normalized spacial score (nSPS) is 18.7. The van der Waals surface area contributed by atoms with Gasteiger partial charge in [-0.15, -0.1) is 17.3 Å². The number of carbonyl (C=O) groups is 2. The number of amides is 1. The average molecular weight is 496 g/mol. The molecule has 1 aliphatic rings. The zero-order valence-electron chi connectivity index (χ0n) is 20.3. The van der Waals surface area contributed by atoms with Gasteiger partial charge in [0, 0.05) is 32.8 Å². The van der Waals surface area contributed by atoms with Gasteiger partial charge >= 0.3 is 5.97 Å². The molecule has 1 aromatic heterocycles. The summed E-state index contributed by atoms with van der Waals surface area (Å²) in [7, 11) is 1.67. The van der Waals surface area contributed by atoms with Crippen molar-refractivity contribution in [2.24, 2.45) is 4.99 Å². The molecule has 3 aromatic carbocycles. The van der Waals surface area contributed by atoms with E-state index in [-0.39, 0.29) is 19.1 Å². The maximum Gasteiger partial charge on any atom is 0.339 e. The molecule has 36 heavy (non-hydrogen) atoms. The van der Waals surface area contributed by atoms with E-state index in [1.54, 1.807) is 42.6 Å². The Labute approximate surface area is 213 Å². The fourth-order valence-electron chi connectivity index (χ4n) is 4.39. The fourth-order valence-corrected chi connectivity index (χ4v) is 5.45. The van der Waals surface area contributed by atoms with Crippen molar-refractivity contribution >= 4 is 49.3 Å². The van der Waals surface area contributed by atoms with Gasteiger partial charge in [-0.05, 0) is 61.9 Å². The maximum absolute atomic E-state index is 12.9. The first kappa shape index (κ1) is 23.6.